The number of nitrogens with one attached hydrogen (secondary N) is 1. The van der Waals surface area contributed by atoms with Gasteiger partial charge in [-0.15, -0.1) is 5.10 Å². The molecule has 200 valence electrons. The minimum atomic E-state index is -0.561. The summed E-state index contributed by atoms with van der Waals surface area (Å²) in [5, 5.41) is 13.6. The lowest BCUT2D eigenvalue weighted by Gasteiger charge is -2.31. The summed E-state index contributed by atoms with van der Waals surface area (Å²) in [6, 6.07) is 19.2. The predicted octanol–water partition coefficient (Wildman–Crippen LogP) is 3.66. The Bertz CT molecular complexity index is 1580. The first-order valence-corrected chi connectivity index (χ1v) is 12.7. The molecule has 0 spiro atoms. The summed E-state index contributed by atoms with van der Waals surface area (Å²) in [5.74, 6) is 1.33. The van der Waals surface area contributed by atoms with Crippen LogP contribution in [0, 0.1) is 6.92 Å². The highest BCUT2D eigenvalue weighted by atomic mass is 16.5. The fourth-order valence-electron chi connectivity index (χ4n) is 4.71. The Labute approximate surface area is 226 Å². The van der Waals surface area contributed by atoms with E-state index in [4.69, 9.17) is 9.47 Å². The van der Waals surface area contributed by atoms with Crippen molar-refractivity contribution in [3.8, 4) is 5.75 Å². The van der Waals surface area contributed by atoms with E-state index < -0.39 is 6.04 Å². The molecule has 1 atom stereocenters. The number of ether oxygens (including phenoxy) is 2. The average Bonchev–Trinajstić information content (AvgIpc) is 3.41. The summed E-state index contributed by atoms with van der Waals surface area (Å²) in [7, 11) is 3.28. The second kappa shape index (κ2) is 12.0. The van der Waals surface area contributed by atoms with Crippen LogP contribution in [-0.2, 0) is 24.4 Å². The Morgan fingerprint density at radius 1 is 1.03 bits per heavy atom. The molecule has 3 aromatic heterocycles. The largest absolute Gasteiger partial charge is 0.497 e. The third-order valence-electron chi connectivity index (χ3n) is 6.65. The lowest BCUT2D eigenvalue weighted by Crippen LogP contribution is -2.35. The molecule has 2 aromatic carbocycles. The number of rotatable bonds is 11. The smallest absolute Gasteiger partial charge is 0.253 e. The summed E-state index contributed by atoms with van der Waals surface area (Å²) in [5.41, 5.74) is 4.27. The van der Waals surface area contributed by atoms with E-state index in [0.717, 1.165) is 33.3 Å². The summed E-state index contributed by atoms with van der Waals surface area (Å²) >= 11 is 0. The number of H-pyrrole nitrogens is 1. The van der Waals surface area contributed by atoms with Gasteiger partial charge in [-0.1, -0.05) is 30.3 Å². The number of aromatic nitrogens is 6. The molecule has 39 heavy (non-hydrogen) atoms. The van der Waals surface area contributed by atoms with Gasteiger partial charge in [0.2, 0.25) is 0 Å². The molecule has 0 aliphatic rings. The Hall–Kier alpha value is -4.41. The maximum absolute atomic E-state index is 13.7. The number of aryl methyl sites for hydroxylation is 1. The quantitative estimate of drug-likeness (QED) is 0.278. The Balaban J connectivity index is 1.67. The molecule has 0 aliphatic heterocycles. The van der Waals surface area contributed by atoms with Gasteiger partial charge in [-0.05, 0) is 69.8 Å². The van der Waals surface area contributed by atoms with Gasteiger partial charge < -0.3 is 14.5 Å². The molecule has 1 unspecified atom stereocenters. The van der Waals surface area contributed by atoms with Gasteiger partial charge in [0.05, 0.1) is 20.3 Å². The highest BCUT2D eigenvalue weighted by Gasteiger charge is 2.31. The molecule has 0 aliphatic carbocycles. The van der Waals surface area contributed by atoms with Gasteiger partial charge >= 0.3 is 0 Å². The minimum Gasteiger partial charge on any atom is -0.497 e. The maximum Gasteiger partial charge on any atom is 0.253 e. The molecule has 0 bridgehead atoms. The topological polar surface area (TPSA) is 111 Å². The van der Waals surface area contributed by atoms with Crippen LogP contribution in [0.4, 0.5) is 0 Å². The molecule has 5 rings (SSSR count). The van der Waals surface area contributed by atoms with Crippen LogP contribution in [0.3, 0.4) is 0 Å². The number of hydrogen-bond donors (Lipinski definition) is 1. The zero-order chi connectivity index (χ0) is 27.2. The number of benzene rings is 2. The van der Waals surface area contributed by atoms with Crippen LogP contribution < -0.4 is 10.3 Å². The van der Waals surface area contributed by atoms with Gasteiger partial charge in [0.25, 0.3) is 5.56 Å². The molecule has 5 aromatic rings. The molecule has 10 nitrogen and oxygen atoms in total. The molecule has 0 saturated carbocycles. The first kappa shape index (κ1) is 26.2. The molecule has 1 N–H and O–H groups in total. The van der Waals surface area contributed by atoms with E-state index in [1.807, 2.05) is 73.8 Å². The van der Waals surface area contributed by atoms with Gasteiger partial charge in [-0.25, -0.2) is 4.68 Å². The first-order valence-electron chi connectivity index (χ1n) is 12.7. The van der Waals surface area contributed by atoms with E-state index in [-0.39, 0.29) is 5.56 Å². The predicted molar refractivity (Wildman–Crippen MR) is 147 cm³/mol. The summed E-state index contributed by atoms with van der Waals surface area (Å²) < 4.78 is 12.4. The lowest BCUT2D eigenvalue weighted by atomic mass is 10.0. The lowest BCUT2D eigenvalue weighted by molar-refractivity contribution is 0.169. The average molecular weight is 526 g/mol. The molecule has 0 radical (unpaired) electrons. The van der Waals surface area contributed by atoms with Crippen LogP contribution in [0.1, 0.15) is 34.1 Å². The number of aromatic amines is 1. The third kappa shape index (κ3) is 6.02. The summed E-state index contributed by atoms with van der Waals surface area (Å²) in [4.78, 5) is 23.3. The molecule has 10 heteroatoms. The van der Waals surface area contributed by atoms with Crippen LogP contribution >= 0.6 is 0 Å². The minimum absolute atomic E-state index is 0.190. The van der Waals surface area contributed by atoms with Crippen molar-refractivity contribution in [2.24, 2.45) is 0 Å². The fourth-order valence-corrected chi connectivity index (χ4v) is 4.71. The zero-order valence-electron chi connectivity index (χ0n) is 22.2. The molecule has 3 heterocycles. The summed E-state index contributed by atoms with van der Waals surface area (Å²) in [6.07, 6.45) is 3.58. The Morgan fingerprint density at radius 3 is 2.59 bits per heavy atom. The van der Waals surface area contributed by atoms with Crippen molar-refractivity contribution in [1.82, 2.24) is 35.1 Å². The molecule has 0 saturated heterocycles. The SMILES string of the molecule is COCCn1nnnc1C(c1cc2ccc(C)cc2[nH]c1=O)N(Cc1ccc(OC)cc1)Cc1cccnc1. The van der Waals surface area contributed by atoms with Crippen LogP contribution in [0.5, 0.6) is 5.75 Å². The van der Waals surface area contributed by atoms with E-state index in [2.05, 4.69) is 30.4 Å². The molecule has 0 fully saturated rings. The van der Waals surface area contributed by atoms with Crippen molar-refractivity contribution < 1.29 is 9.47 Å². The Morgan fingerprint density at radius 2 is 1.85 bits per heavy atom. The normalized spacial score (nSPS) is 12.2. The second-order valence-electron chi connectivity index (χ2n) is 9.41. The maximum atomic E-state index is 13.7. The van der Waals surface area contributed by atoms with Crippen molar-refractivity contribution in [3.05, 3.63) is 111 Å². The Kier molecular flexibility index (Phi) is 8.04. The van der Waals surface area contributed by atoms with E-state index in [1.165, 1.54) is 0 Å². The van der Waals surface area contributed by atoms with Crippen LogP contribution in [0.2, 0.25) is 0 Å². The van der Waals surface area contributed by atoms with Crippen LogP contribution in [-0.4, -0.2) is 55.9 Å². The van der Waals surface area contributed by atoms with E-state index in [1.54, 1.807) is 25.1 Å². The van der Waals surface area contributed by atoms with E-state index >= 15 is 0 Å². The van der Waals surface area contributed by atoms with Crippen molar-refractivity contribution in [2.75, 3.05) is 20.8 Å². The number of fused-ring (bicyclic) bond motifs is 1. The molecular formula is C29H31N7O3. The third-order valence-corrected chi connectivity index (χ3v) is 6.65. The fraction of sp³-hybridized carbons (Fsp3) is 0.276. The van der Waals surface area contributed by atoms with Crippen molar-refractivity contribution in [3.63, 3.8) is 0 Å². The van der Waals surface area contributed by atoms with Gasteiger partial charge in [0.1, 0.15) is 11.8 Å². The summed E-state index contributed by atoms with van der Waals surface area (Å²) in [6.45, 7) is 3.91. The first-order chi connectivity index (χ1) is 19.1. The second-order valence-corrected chi connectivity index (χ2v) is 9.41. The number of hydrogen-bond acceptors (Lipinski definition) is 8. The number of nitrogens with zero attached hydrogens (tertiary/aromatic N) is 6. The number of tetrazole rings is 1. The molecular weight excluding hydrogens is 494 g/mol. The molecule has 0 amide bonds. The van der Waals surface area contributed by atoms with Crippen LogP contribution in [0.25, 0.3) is 10.9 Å². The monoisotopic (exact) mass is 525 g/mol. The van der Waals surface area contributed by atoms with Gasteiger partial charge in [-0.2, -0.15) is 0 Å². The zero-order valence-corrected chi connectivity index (χ0v) is 22.2. The van der Waals surface area contributed by atoms with E-state index in [0.29, 0.717) is 37.6 Å². The highest BCUT2D eigenvalue weighted by molar-refractivity contribution is 5.79. The van der Waals surface area contributed by atoms with Gasteiger partial charge in [0, 0.05) is 43.7 Å². The highest BCUT2D eigenvalue weighted by Crippen LogP contribution is 2.30. The van der Waals surface area contributed by atoms with Crippen molar-refractivity contribution in [2.45, 2.75) is 32.6 Å². The number of pyridine rings is 2. The standard InChI is InChI=1S/C29H31N7O3/c1-20-6-9-23-16-25(29(37)31-26(23)15-20)27(28-32-33-34-36(28)13-14-38-2)35(19-22-5-4-12-30-17-22)18-21-7-10-24(39-3)11-8-21/h4-12,15-17,27H,13-14,18-19H2,1-3H3,(H,31,37). The van der Waals surface area contributed by atoms with Crippen molar-refractivity contribution in [1.29, 1.82) is 0 Å². The number of methoxy groups -OCH3 is 2. The van der Waals surface area contributed by atoms with Crippen molar-refractivity contribution >= 4 is 10.9 Å². The van der Waals surface area contributed by atoms with Gasteiger partial charge in [0.15, 0.2) is 5.82 Å². The van der Waals surface area contributed by atoms with Crippen LogP contribution in [0.15, 0.2) is 77.9 Å². The van der Waals surface area contributed by atoms with E-state index in [9.17, 15) is 4.79 Å². The van der Waals surface area contributed by atoms with Gasteiger partial charge in [-0.3, -0.25) is 14.7 Å².